The summed E-state index contributed by atoms with van der Waals surface area (Å²) < 4.78 is 38.0. The molecule has 0 spiro atoms. The van der Waals surface area contributed by atoms with Gasteiger partial charge in [-0.25, -0.2) is 0 Å². The van der Waals surface area contributed by atoms with E-state index in [-0.39, 0.29) is 0 Å². The summed E-state index contributed by atoms with van der Waals surface area (Å²) in [6.45, 7) is 3.14. The van der Waals surface area contributed by atoms with E-state index in [1.807, 2.05) is 0 Å². The summed E-state index contributed by atoms with van der Waals surface area (Å²) in [6, 6.07) is 0.460. The molecular weight excluding hydrogens is 251 g/mol. The Bertz CT molecular complexity index is 265. The summed E-state index contributed by atoms with van der Waals surface area (Å²) in [6.07, 6.45) is 3.11. The summed E-state index contributed by atoms with van der Waals surface area (Å²) in [7, 11) is 0. The molecule has 2 saturated carbocycles. The monoisotopic (exact) mass is 277 g/mol. The zero-order chi connectivity index (χ0) is 13.9. The van der Waals surface area contributed by atoms with Gasteiger partial charge in [0.1, 0.15) is 0 Å². The van der Waals surface area contributed by atoms with Crippen LogP contribution in [-0.2, 0) is 0 Å². The molecule has 2 aliphatic carbocycles. The van der Waals surface area contributed by atoms with Crippen LogP contribution in [-0.4, -0.2) is 18.8 Å². The highest BCUT2D eigenvalue weighted by Gasteiger charge is 2.42. The lowest BCUT2D eigenvalue weighted by Crippen LogP contribution is -2.40. The second-order valence-corrected chi connectivity index (χ2v) is 6.39. The normalized spacial score (nSPS) is 30.3. The third kappa shape index (κ3) is 4.66. The third-order valence-electron chi connectivity index (χ3n) is 4.74. The van der Waals surface area contributed by atoms with Crippen molar-refractivity contribution in [3.8, 4) is 0 Å². The average Bonchev–Trinajstić information content (AvgIpc) is 3.17. The summed E-state index contributed by atoms with van der Waals surface area (Å²) in [5.74, 6) is 0.261. The van der Waals surface area contributed by atoms with Gasteiger partial charge < -0.3 is 5.32 Å². The van der Waals surface area contributed by atoms with E-state index in [0.29, 0.717) is 24.8 Å². The Balaban J connectivity index is 1.81. The second kappa shape index (κ2) is 6.47. The Labute approximate surface area is 114 Å². The number of rotatable bonds is 6. The minimum Gasteiger partial charge on any atom is -0.314 e. The maximum absolute atomic E-state index is 12.7. The molecule has 0 aromatic carbocycles. The number of hydrogen-bond donors (Lipinski definition) is 1. The van der Waals surface area contributed by atoms with Gasteiger partial charge in [-0.2, -0.15) is 13.2 Å². The van der Waals surface area contributed by atoms with Gasteiger partial charge in [-0.05, 0) is 56.9 Å². The molecular formula is C15H26F3N. The second-order valence-electron chi connectivity index (χ2n) is 6.39. The van der Waals surface area contributed by atoms with Crippen LogP contribution in [0, 0.1) is 17.8 Å². The van der Waals surface area contributed by atoms with Crippen molar-refractivity contribution in [1.29, 1.82) is 0 Å². The summed E-state index contributed by atoms with van der Waals surface area (Å²) in [5.41, 5.74) is 0. The van der Waals surface area contributed by atoms with Crippen molar-refractivity contribution in [2.24, 2.45) is 17.8 Å². The zero-order valence-electron chi connectivity index (χ0n) is 11.8. The molecule has 0 heterocycles. The van der Waals surface area contributed by atoms with Gasteiger partial charge >= 0.3 is 6.18 Å². The summed E-state index contributed by atoms with van der Waals surface area (Å²) in [4.78, 5) is 0. The van der Waals surface area contributed by atoms with Gasteiger partial charge in [-0.1, -0.05) is 19.8 Å². The van der Waals surface area contributed by atoms with Gasteiger partial charge in [0, 0.05) is 6.04 Å². The molecule has 2 rings (SSSR count). The molecule has 1 unspecified atom stereocenters. The van der Waals surface area contributed by atoms with E-state index in [1.165, 1.54) is 19.3 Å². The molecule has 112 valence electrons. The highest BCUT2D eigenvalue weighted by atomic mass is 19.4. The van der Waals surface area contributed by atoms with Gasteiger partial charge in [-0.15, -0.1) is 0 Å². The van der Waals surface area contributed by atoms with Gasteiger partial charge in [0.25, 0.3) is 0 Å². The molecule has 2 fully saturated rings. The van der Waals surface area contributed by atoms with Crippen molar-refractivity contribution < 1.29 is 13.2 Å². The van der Waals surface area contributed by atoms with E-state index in [4.69, 9.17) is 0 Å². The molecule has 1 atom stereocenters. The Kier molecular flexibility index (Phi) is 5.15. The maximum atomic E-state index is 12.7. The molecule has 0 bridgehead atoms. The summed E-state index contributed by atoms with van der Waals surface area (Å²) in [5, 5.41) is 3.58. The van der Waals surface area contributed by atoms with Crippen LogP contribution in [0.2, 0.25) is 0 Å². The largest absolute Gasteiger partial charge is 0.391 e. The standard InChI is InChI=1S/C15H26F3N/c1-2-9-19-14(10-11-3-4-11)12-5-7-13(8-6-12)15(16,17)18/h11-14,19H,2-10H2,1H3. The fraction of sp³-hybridized carbons (Fsp3) is 1.00. The SMILES string of the molecule is CCCNC(CC1CC1)C1CCC(C(F)(F)F)CC1. The molecule has 19 heavy (non-hydrogen) atoms. The topological polar surface area (TPSA) is 12.0 Å². The molecule has 0 aliphatic heterocycles. The predicted octanol–water partition coefficient (Wildman–Crippen LogP) is 4.52. The van der Waals surface area contributed by atoms with E-state index in [0.717, 1.165) is 31.7 Å². The minimum atomic E-state index is -3.98. The van der Waals surface area contributed by atoms with Crippen LogP contribution in [0.5, 0.6) is 0 Å². The molecule has 2 aliphatic rings. The van der Waals surface area contributed by atoms with Crippen LogP contribution >= 0.6 is 0 Å². The fourth-order valence-corrected chi connectivity index (χ4v) is 3.33. The minimum absolute atomic E-state index is 0.336. The van der Waals surface area contributed by atoms with Crippen LogP contribution < -0.4 is 5.32 Å². The van der Waals surface area contributed by atoms with Crippen molar-refractivity contribution in [3.63, 3.8) is 0 Å². The first-order valence-corrected chi connectivity index (χ1v) is 7.80. The van der Waals surface area contributed by atoms with E-state index in [2.05, 4.69) is 12.2 Å². The van der Waals surface area contributed by atoms with E-state index in [9.17, 15) is 13.2 Å². The van der Waals surface area contributed by atoms with E-state index >= 15 is 0 Å². The Morgan fingerprint density at radius 1 is 1.05 bits per heavy atom. The van der Waals surface area contributed by atoms with Crippen LogP contribution in [0.1, 0.15) is 58.3 Å². The summed E-state index contributed by atoms with van der Waals surface area (Å²) >= 11 is 0. The first kappa shape index (κ1) is 15.1. The molecule has 0 saturated heterocycles. The molecule has 1 nitrogen and oxygen atoms in total. The molecule has 0 amide bonds. The number of hydrogen-bond acceptors (Lipinski definition) is 1. The smallest absolute Gasteiger partial charge is 0.314 e. The Hall–Kier alpha value is -0.250. The van der Waals surface area contributed by atoms with Crippen molar-refractivity contribution >= 4 is 0 Å². The third-order valence-corrected chi connectivity index (χ3v) is 4.74. The van der Waals surface area contributed by atoms with Crippen LogP contribution in [0.4, 0.5) is 13.2 Å². The van der Waals surface area contributed by atoms with Crippen molar-refractivity contribution in [2.75, 3.05) is 6.54 Å². The zero-order valence-corrected chi connectivity index (χ0v) is 11.8. The van der Waals surface area contributed by atoms with E-state index in [1.54, 1.807) is 0 Å². The lowest BCUT2D eigenvalue weighted by Gasteiger charge is -2.35. The molecule has 1 N–H and O–H groups in total. The number of alkyl halides is 3. The molecule has 0 aromatic heterocycles. The number of nitrogens with one attached hydrogen (secondary N) is 1. The Morgan fingerprint density at radius 3 is 2.16 bits per heavy atom. The first-order chi connectivity index (χ1) is 9.00. The van der Waals surface area contributed by atoms with Crippen molar-refractivity contribution in [1.82, 2.24) is 5.32 Å². The van der Waals surface area contributed by atoms with Gasteiger partial charge in [0.15, 0.2) is 0 Å². The molecule has 4 heteroatoms. The van der Waals surface area contributed by atoms with Crippen LogP contribution in [0.25, 0.3) is 0 Å². The lowest BCUT2D eigenvalue weighted by molar-refractivity contribution is -0.184. The number of halogens is 3. The highest BCUT2D eigenvalue weighted by Crippen LogP contribution is 2.42. The van der Waals surface area contributed by atoms with Crippen LogP contribution in [0.15, 0.2) is 0 Å². The van der Waals surface area contributed by atoms with Crippen LogP contribution in [0.3, 0.4) is 0 Å². The van der Waals surface area contributed by atoms with Crippen molar-refractivity contribution in [3.05, 3.63) is 0 Å². The maximum Gasteiger partial charge on any atom is 0.391 e. The fourth-order valence-electron chi connectivity index (χ4n) is 3.33. The quantitative estimate of drug-likeness (QED) is 0.752. The van der Waals surface area contributed by atoms with Gasteiger partial charge in [0.05, 0.1) is 5.92 Å². The lowest BCUT2D eigenvalue weighted by atomic mass is 9.77. The van der Waals surface area contributed by atoms with Gasteiger partial charge in [0.2, 0.25) is 0 Å². The van der Waals surface area contributed by atoms with E-state index < -0.39 is 12.1 Å². The highest BCUT2D eigenvalue weighted by molar-refractivity contribution is 4.88. The first-order valence-electron chi connectivity index (χ1n) is 7.80. The van der Waals surface area contributed by atoms with Gasteiger partial charge in [-0.3, -0.25) is 0 Å². The molecule has 0 radical (unpaired) electrons. The van der Waals surface area contributed by atoms with Crippen molar-refractivity contribution in [2.45, 2.75) is 70.5 Å². The average molecular weight is 277 g/mol. The molecule has 0 aromatic rings. The predicted molar refractivity (Wildman–Crippen MR) is 70.9 cm³/mol. The Morgan fingerprint density at radius 2 is 1.68 bits per heavy atom.